The minimum Gasteiger partial charge on any atom is -0.484 e. The van der Waals surface area contributed by atoms with Gasteiger partial charge in [0.05, 0.1) is 12.1 Å². The molecule has 2 aromatic rings. The highest BCUT2D eigenvalue weighted by molar-refractivity contribution is 7.90. The van der Waals surface area contributed by atoms with Gasteiger partial charge in [0.2, 0.25) is 0 Å². The summed E-state index contributed by atoms with van der Waals surface area (Å²) in [7, 11) is -3.84. The second-order valence-electron chi connectivity index (χ2n) is 7.37. The van der Waals surface area contributed by atoms with Gasteiger partial charge >= 0.3 is 6.09 Å². The van der Waals surface area contributed by atoms with Gasteiger partial charge in [0, 0.05) is 18.7 Å². The first-order valence-electron chi connectivity index (χ1n) is 9.96. The van der Waals surface area contributed by atoms with Gasteiger partial charge in [-0.1, -0.05) is 36.4 Å². The Morgan fingerprint density at radius 1 is 1.10 bits per heavy atom. The molecule has 0 radical (unpaired) electrons. The van der Waals surface area contributed by atoms with Crippen LogP contribution >= 0.6 is 0 Å². The number of carbonyl (C=O) groups excluding carboxylic acids is 1. The standard InChI is InChI=1S/C22H22N2O6S/c25-21-18-8-2-4-10-20(18)31(28,29)24(21)14-6-5-13-23(22(26)27)15-17-12-11-16-7-1-3-9-19(16)30-17/h1-4,7-12,17H,5-6,13-15H2,(H,26,27). The topological polar surface area (TPSA) is 104 Å². The molecule has 0 saturated carbocycles. The molecule has 1 atom stereocenters. The Bertz CT molecular complexity index is 1140. The molecule has 0 aliphatic carbocycles. The van der Waals surface area contributed by atoms with E-state index in [0.717, 1.165) is 9.87 Å². The maximum absolute atomic E-state index is 12.6. The minimum absolute atomic E-state index is 0.0104. The maximum Gasteiger partial charge on any atom is 0.407 e. The molecule has 0 saturated heterocycles. The molecule has 2 aliphatic heterocycles. The molecule has 0 aromatic heterocycles. The van der Waals surface area contributed by atoms with Gasteiger partial charge in [-0.2, -0.15) is 0 Å². The number of hydrogen-bond donors (Lipinski definition) is 1. The molecular weight excluding hydrogens is 420 g/mol. The van der Waals surface area contributed by atoms with Crippen LogP contribution in [0.4, 0.5) is 4.79 Å². The maximum atomic E-state index is 12.6. The molecule has 2 heterocycles. The first-order chi connectivity index (χ1) is 14.9. The van der Waals surface area contributed by atoms with Crippen molar-refractivity contribution in [3.05, 3.63) is 65.7 Å². The Kier molecular flexibility index (Phi) is 5.69. The summed E-state index contributed by atoms with van der Waals surface area (Å²) in [6.45, 7) is 0.378. The minimum atomic E-state index is -3.84. The fraction of sp³-hybridized carbons (Fsp3) is 0.273. The summed E-state index contributed by atoms with van der Waals surface area (Å²) in [5.74, 6) is 0.169. The van der Waals surface area contributed by atoms with Gasteiger partial charge in [-0.3, -0.25) is 4.79 Å². The Hall–Kier alpha value is -3.33. The Morgan fingerprint density at radius 2 is 1.84 bits per heavy atom. The van der Waals surface area contributed by atoms with Crippen LogP contribution < -0.4 is 4.74 Å². The van der Waals surface area contributed by atoms with Crippen LogP contribution in [0.15, 0.2) is 59.5 Å². The largest absolute Gasteiger partial charge is 0.484 e. The van der Waals surface area contributed by atoms with Crippen molar-refractivity contribution in [2.24, 2.45) is 0 Å². The van der Waals surface area contributed by atoms with Crippen LogP contribution in [0.2, 0.25) is 0 Å². The molecule has 0 spiro atoms. The normalized spacial score (nSPS) is 18.3. The fourth-order valence-electron chi connectivity index (χ4n) is 3.73. The van der Waals surface area contributed by atoms with E-state index in [1.165, 1.54) is 17.0 Å². The molecule has 2 aliphatic rings. The number of ether oxygens (including phenoxy) is 1. The summed E-state index contributed by atoms with van der Waals surface area (Å²) in [5, 5.41) is 9.54. The van der Waals surface area contributed by atoms with Gasteiger partial charge in [0.25, 0.3) is 15.9 Å². The van der Waals surface area contributed by atoms with Crippen molar-refractivity contribution in [1.82, 2.24) is 9.21 Å². The summed E-state index contributed by atoms with van der Waals surface area (Å²) >= 11 is 0. The molecule has 162 valence electrons. The second kappa shape index (κ2) is 8.43. The predicted octanol–water partition coefficient (Wildman–Crippen LogP) is 3.07. The van der Waals surface area contributed by atoms with E-state index in [2.05, 4.69) is 0 Å². The quantitative estimate of drug-likeness (QED) is 0.661. The lowest BCUT2D eigenvalue weighted by Gasteiger charge is -2.27. The van der Waals surface area contributed by atoms with Crippen molar-refractivity contribution in [2.75, 3.05) is 19.6 Å². The van der Waals surface area contributed by atoms with Crippen molar-refractivity contribution in [3.63, 3.8) is 0 Å². The Morgan fingerprint density at radius 3 is 2.61 bits per heavy atom. The number of unbranched alkanes of at least 4 members (excludes halogenated alkanes) is 1. The summed E-state index contributed by atoms with van der Waals surface area (Å²) in [5.41, 5.74) is 1.12. The van der Waals surface area contributed by atoms with E-state index in [1.54, 1.807) is 12.1 Å². The molecule has 31 heavy (non-hydrogen) atoms. The zero-order valence-electron chi connectivity index (χ0n) is 16.7. The fourth-order valence-corrected chi connectivity index (χ4v) is 5.34. The number of sulfonamides is 1. The van der Waals surface area contributed by atoms with E-state index in [0.29, 0.717) is 18.6 Å². The molecule has 2 aromatic carbocycles. The highest BCUT2D eigenvalue weighted by atomic mass is 32.2. The van der Waals surface area contributed by atoms with E-state index >= 15 is 0 Å². The summed E-state index contributed by atoms with van der Waals surface area (Å²) in [6.07, 6.45) is 3.02. The van der Waals surface area contributed by atoms with Crippen LogP contribution in [0.25, 0.3) is 6.08 Å². The lowest BCUT2D eigenvalue weighted by molar-refractivity contribution is 0.0866. The number of carbonyl (C=O) groups is 2. The van der Waals surface area contributed by atoms with E-state index in [4.69, 9.17) is 4.74 Å². The van der Waals surface area contributed by atoms with E-state index in [1.807, 2.05) is 36.4 Å². The number of amides is 2. The Balaban J connectivity index is 1.31. The van der Waals surface area contributed by atoms with Crippen LogP contribution in [0.1, 0.15) is 28.8 Å². The SMILES string of the molecule is O=C(O)N(CCCCN1C(=O)c2ccccc2S1(=O)=O)CC1C=Cc2ccccc2O1. The summed E-state index contributed by atoms with van der Waals surface area (Å²) in [6, 6.07) is 13.6. The van der Waals surface area contributed by atoms with Crippen LogP contribution in [-0.4, -0.2) is 60.5 Å². The number of para-hydroxylation sites is 1. The van der Waals surface area contributed by atoms with Gasteiger partial charge in [-0.15, -0.1) is 0 Å². The lowest BCUT2D eigenvalue weighted by Crippen LogP contribution is -2.39. The predicted molar refractivity (Wildman–Crippen MR) is 113 cm³/mol. The van der Waals surface area contributed by atoms with Crippen molar-refractivity contribution >= 4 is 28.1 Å². The van der Waals surface area contributed by atoms with Crippen LogP contribution in [0.3, 0.4) is 0 Å². The van der Waals surface area contributed by atoms with Gasteiger partial charge in [-0.05, 0) is 37.1 Å². The monoisotopic (exact) mass is 442 g/mol. The van der Waals surface area contributed by atoms with Crippen molar-refractivity contribution < 1.29 is 27.9 Å². The molecule has 1 N–H and O–H groups in total. The summed E-state index contributed by atoms with van der Waals surface area (Å²) < 4.78 is 31.9. The zero-order chi connectivity index (χ0) is 22.0. The van der Waals surface area contributed by atoms with Crippen molar-refractivity contribution in [3.8, 4) is 5.75 Å². The molecule has 1 unspecified atom stereocenters. The van der Waals surface area contributed by atoms with Crippen molar-refractivity contribution in [2.45, 2.75) is 23.8 Å². The molecule has 0 bridgehead atoms. The third-order valence-corrected chi connectivity index (χ3v) is 7.15. The average Bonchev–Trinajstić information content (AvgIpc) is 2.96. The van der Waals surface area contributed by atoms with Gasteiger partial charge in [0.1, 0.15) is 16.7 Å². The zero-order valence-corrected chi connectivity index (χ0v) is 17.5. The Labute approximate surface area is 180 Å². The molecule has 8 nitrogen and oxygen atoms in total. The highest BCUT2D eigenvalue weighted by Gasteiger charge is 2.40. The van der Waals surface area contributed by atoms with Crippen LogP contribution in [0.5, 0.6) is 5.75 Å². The van der Waals surface area contributed by atoms with Gasteiger partial charge < -0.3 is 14.7 Å². The number of rotatable bonds is 7. The number of carboxylic acid groups (broad SMARTS) is 1. The second-order valence-corrected chi connectivity index (χ2v) is 9.20. The van der Waals surface area contributed by atoms with Crippen molar-refractivity contribution in [1.29, 1.82) is 0 Å². The van der Waals surface area contributed by atoms with E-state index < -0.39 is 28.1 Å². The van der Waals surface area contributed by atoms with Crippen LogP contribution in [-0.2, 0) is 10.0 Å². The molecule has 9 heteroatoms. The first-order valence-corrected chi connectivity index (χ1v) is 11.4. The molecule has 0 fully saturated rings. The smallest absolute Gasteiger partial charge is 0.407 e. The summed E-state index contributed by atoms with van der Waals surface area (Å²) in [4.78, 5) is 25.4. The number of fused-ring (bicyclic) bond motifs is 2. The molecule has 2 amide bonds. The first kappa shape index (κ1) is 20.9. The van der Waals surface area contributed by atoms with Gasteiger partial charge in [0.15, 0.2) is 0 Å². The number of nitrogens with zero attached hydrogens (tertiary/aromatic N) is 2. The molecular formula is C22H22N2O6S. The third-order valence-electron chi connectivity index (χ3n) is 5.31. The lowest BCUT2D eigenvalue weighted by atomic mass is 10.1. The molecule has 4 rings (SSSR count). The third kappa shape index (κ3) is 4.13. The average molecular weight is 442 g/mol. The number of benzene rings is 2. The van der Waals surface area contributed by atoms with Gasteiger partial charge in [-0.25, -0.2) is 17.5 Å². The van der Waals surface area contributed by atoms with E-state index in [-0.39, 0.29) is 30.1 Å². The van der Waals surface area contributed by atoms with Crippen LogP contribution in [0, 0.1) is 0 Å². The highest BCUT2D eigenvalue weighted by Crippen LogP contribution is 2.30. The number of hydrogen-bond acceptors (Lipinski definition) is 5. The van der Waals surface area contributed by atoms with E-state index in [9.17, 15) is 23.1 Å².